The van der Waals surface area contributed by atoms with E-state index in [4.69, 9.17) is 4.42 Å². The molecule has 0 saturated heterocycles. The second-order valence-corrected chi connectivity index (χ2v) is 4.65. The van der Waals surface area contributed by atoms with Crippen molar-refractivity contribution in [2.24, 2.45) is 0 Å². The van der Waals surface area contributed by atoms with Gasteiger partial charge in [0.25, 0.3) is 0 Å². The van der Waals surface area contributed by atoms with E-state index in [0.29, 0.717) is 6.04 Å². The molecule has 2 rings (SSSR count). The number of benzene rings is 1. The molecule has 2 heteroatoms. The molecule has 1 unspecified atom stereocenters. The van der Waals surface area contributed by atoms with Gasteiger partial charge in [-0.1, -0.05) is 30.3 Å². The lowest BCUT2D eigenvalue weighted by Gasteiger charge is -2.14. The third kappa shape index (κ3) is 4.04. The zero-order valence-electron chi connectivity index (χ0n) is 10.9. The highest BCUT2D eigenvalue weighted by Gasteiger charge is 2.08. The molecule has 0 aliphatic rings. The minimum absolute atomic E-state index is 0.500. The summed E-state index contributed by atoms with van der Waals surface area (Å²) in [7, 11) is 2.02. The van der Waals surface area contributed by atoms with Crippen LogP contribution in [0.4, 0.5) is 0 Å². The highest BCUT2D eigenvalue weighted by molar-refractivity contribution is 5.14. The molecular formula is C16H21NO. The zero-order chi connectivity index (χ0) is 12.6. The van der Waals surface area contributed by atoms with E-state index >= 15 is 0 Å². The summed E-state index contributed by atoms with van der Waals surface area (Å²) in [5, 5.41) is 3.37. The summed E-state index contributed by atoms with van der Waals surface area (Å²) < 4.78 is 5.39. The topological polar surface area (TPSA) is 25.2 Å². The molecule has 0 aliphatic carbocycles. The van der Waals surface area contributed by atoms with Gasteiger partial charge < -0.3 is 9.73 Å². The Morgan fingerprint density at radius 1 is 1.11 bits per heavy atom. The van der Waals surface area contributed by atoms with E-state index < -0.39 is 0 Å². The normalized spacial score (nSPS) is 12.5. The van der Waals surface area contributed by atoms with Gasteiger partial charge in [0.2, 0.25) is 0 Å². The van der Waals surface area contributed by atoms with Crippen LogP contribution >= 0.6 is 0 Å². The maximum Gasteiger partial charge on any atom is 0.105 e. The predicted octanol–water partition coefficient (Wildman–Crippen LogP) is 3.43. The quantitative estimate of drug-likeness (QED) is 0.806. The average Bonchev–Trinajstić information content (AvgIpc) is 2.92. The standard InChI is InChI=1S/C16H21NO/c1-17-15(13-16-11-6-12-18-16)10-5-9-14-7-3-2-4-8-14/h2-4,6-8,11-12,15,17H,5,9-10,13H2,1H3. The van der Waals surface area contributed by atoms with Gasteiger partial charge in [0.05, 0.1) is 6.26 Å². The van der Waals surface area contributed by atoms with Crippen molar-refractivity contribution >= 4 is 0 Å². The second-order valence-electron chi connectivity index (χ2n) is 4.65. The molecule has 1 atom stereocenters. The minimum atomic E-state index is 0.500. The van der Waals surface area contributed by atoms with Gasteiger partial charge in [0, 0.05) is 12.5 Å². The van der Waals surface area contributed by atoms with Crippen molar-refractivity contribution < 1.29 is 4.42 Å². The van der Waals surface area contributed by atoms with Crippen molar-refractivity contribution in [1.29, 1.82) is 0 Å². The van der Waals surface area contributed by atoms with Crippen molar-refractivity contribution in [3.05, 3.63) is 60.1 Å². The first-order valence-corrected chi connectivity index (χ1v) is 6.62. The molecule has 0 fully saturated rings. The van der Waals surface area contributed by atoms with Crippen molar-refractivity contribution in [3.63, 3.8) is 0 Å². The largest absolute Gasteiger partial charge is 0.469 e. The van der Waals surface area contributed by atoms with Crippen LogP contribution in [0, 0.1) is 0 Å². The summed E-state index contributed by atoms with van der Waals surface area (Å²) in [5.41, 5.74) is 1.42. The monoisotopic (exact) mass is 243 g/mol. The number of rotatable bonds is 7. The second kappa shape index (κ2) is 7.02. The summed E-state index contributed by atoms with van der Waals surface area (Å²) >= 11 is 0. The van der Waals surface area contributed by atoms with Gasteiger partial charge in [-0.15, -0.1) is 0 Å². The third-order valence-electron chi connectivity index (χ3n) is 3.30. The molecule has 18 heavy (non-hydrogen) atoms. The van der Waals surface area contributed by atoms with Crippen LogP contribution in [0.1, 0.15) is 24.2 Å². The molecule has 1 heterocycles. The summed E-state index contributed by atoms with van der Waals surface area (Å²) in [4.78, 5) is 0. The highest BCUT2D eigenvalue weighted by Crippen LogP contribution is 2.11. The van der Waals surface area contributed by atoms with E-state index in [2.05, 4.69) is 35.6 Å². The Balaban J connectivity index is 1.74. The minimum Gasteiger partial charge on any atom is -0.469 e. The molecule has 1 aromatic carbocycles. The molecule has 2 nitrogen and oxygen atoms in total. The van der Waals surface area contributed by atoms with Gasteiger partial charge in [0.15, 0.2) is 0 Å². The SMILES string of the molecule is CNC(CCCc1ccccc1)Cc1ccco1. The summed E-state index contributed by atoms with van der Waals surface area (Å²) in [6, 6.07) is 15.2. The van der Waals surface area contributed by atoms with Gasteiger partial charge in [-0.05, 0) is 44.0 Å². The van der Waals surface area contributed by atoms with Gasteiger partial charge in [0.1, 0.15) is 5.76 Å². The molecule has 0 radical (unpaired) electrons. The van der Waals surface area contributed by atoms with Crippen LogP contribution in [0.3, 0.4) is 0 Å². The van der Waals surface area contributed by atoms with Crippen LogP contribution in [-0.4, -0.2) is 13.1 Å². The summed E-state index contributed by atoms with van der Waals surface area (Å²) in [6.45, 7) is 0. The Morgan fingerprint density at radius 2 is 1.94 bits per heavy atom. The van der Waals surface area contributed by atoms with Crippen LogP contribution in [0.15, 0.2) is 53.1 Å². The van der Waals surface area contributed by atoms with Crippen molar-refractivity contribution in [1.82, 2.24) is 5.32 Å². The van der Waals surface area contributed by atoms with E-state index in [-0.39, 0.29) is 0 Å². The van der Waals surface area contributed by atoms with Crippen molar-refractivity contribution in [2.45, 2.75) is 31.7 Å². The molecule has 1 N–H and O–H groups in total. The maximum atomic E-state index is 5.39. The van der Waals surface area contributed by atoms with E-state index in [0.717, 1.165) is 18.6 Å². The molecule has 0 saturated carbocycles. The van der Waals surface area contributed by atoms with Gasteiger partial charge >= 0.3 is 0 Å². The fourth-order valence-electron chi connectivity index (χ4n) is 2.22. The molecule has 0 aliphatic heterocycles. The molecule has 1 aromatic heterocycles. The Labute approximate surface area is 109 Å². The summed E-state index contributed by atoms with van der Waals surface area (Å²) in [6.07, 6.45) is 6.24. The lowest BCUT2D eigenvalue weighted by molar-refractivity contribution is 0.436. The fraction of sp³-hybridized carbons (Fsp3) is 0.375. The third-order valence-corrected chi connectivity index (χ3v) is 3.30. The van der Waals surface area contributed by atoms with Crippen molar-refractivity contribution in [2.75, 3.05) is 7.05 Å². The number of hydrogen-bond donors (Lipinski definition) is 1. The zero-order valence-corrected chi connectivity index (χ0v) is 10.9. The average molecular weight is 243 g/mol. The van der Waals surface area contributed by atoms with Crippen LogP contribution in [0.25, 0.3) is 0 Å². The summed E-state index contributed by atoms with van der Waals surface area (Å²) in [5.74, 6) is 1.06. The Kier molecular flexibility index (Phi) is 5.03. The van der Waals surface area contributed by atoms with Crippen LogP contribution < -0.4 is 5.32 Å². The van der Waals surface area contributed by atoms with Crippen molar-refractivity contribution in [3.8, 4) is 0 Å². The van der Waals surface area contributed by atoms with Crippen LogP contribution in [-0.2, 0) is 12.8 Å². The van der Waals surface area contributed by atoms with E-state index in [1.54, 1.807) is 6.26 Å². The van der Waals surface area contributed by atoms with Gasteiger partial charge in [-0.2, -0.15) is 0 Å². The van der Waals surface area contributed by atoms with E-state index in [1.165, 1.54) is 18.4 Å². The number of hydrogen-bond acceptors (Lipinski definition) is 2. The smallest absolute Gasteiger partial charge is 0.105 e. The lowest BCUT2D eigenvalue weighted by Crippen LogP contribution is -2.27. The number of nitrogens with one attached hydrogen (secondary N) is 1. The fourth-order valence-corrected chi connectivity index (χ4v) is 2.22. The molecule has 0 spiro atoms. The lowest BCUT2D eigenvalue weighted by atomic mass is 10.0. The Bertz CT molecular complexity index is 422. The van der Waals surface area contributed by atoms with Crippen LogP contribution in [0.5, 0.6) is 0 Å². The van der Waals surface area contributed by atoms with Gasteiger partial charge in [-0.3, -0.25) is 0 Å². The number of likely N-dealkylation sites (N-methyl/N-ethyl adjacent to an activating group) is 1. The Hall–Kier alpha value is -1.54. The molecule has 0 amide bonds. The van der Waals surface area contributed by atoms with E-state index in [1.807, 2.05) is 19.2 Å². The Morgan fingerprint density at radius 3 is 2.61 bits per heavy atom. The number of aryl methyl sites for hydroxylation is 1. The first-order valence-electron chi connectivity index (χ1n) is 6.62. The molecule has 0 bridgehead atoms. The molecule has 2 aromatic rings. The van der Waals surface area contributed by atoms with Crippen LogP contribution in [0.2, 0.25) is 0 Å². The molecule has 96 valence electrons. The first kappa shape index (κ1) is 12.9. The highest BCUT2D eigenvalue weighted by atomic mass is 16.3. The van der Waals surface area contributed by atoms with Gasteiger partial charge in [-0.25, -0.2) is 0 Å². The molecular weight excluding hydrogens is 222 g/mol. The first-order chi connectivity index (χ1) is 8.88. The maximum absolute atomic E-state index is 5.39. The predicted molar refractivity (Wildman–Crippen MR) is 74.6 cm³/mol. The van der Waals surface area contributed by atoms with E-state index in [9.17, 15) is 0 Å². The number of furan rings is 1.